The van der Waals surface area contributed by atoms with Crippen molar-refractivity contribution >= 4 is 11.8 Å². The smallest absolute Gasteiger partial charge is 0.119 e. The van der Waals surface area contributed by atoms with Gasteiger partial charge in [0.15, 0.2) is 0 Å². The van der Waals surface area contributed by atoms with Gasteiger partial charge in [-0.2, -0.15) is 0 Å². The van der Waals surface area contributed by atoms with Crippen LogP contribution in [-0.2, 0) is 11.3 Å². The first-order valence-corrected chi connectivity index (χ1v) is 6.39. The Labute approximate surface area is 94.4 Å². The normalized spacial score (nSPS) is 28.3. The minimum absolute atomic E-state index is 0.198. The van der Waals surface area contributed by atoms with Gasteiger partial charge in [0.05, 0.1) is 12.0 Å². The Morgan fingerprint density at radius 2 is 2.40 bits per heavy atom. The molecule has 1 spiro atoms. The summed E-state index contributed by atoms with van der Waals surface area (Å²) in [7, 11) is 1.73. The predicted octanol–water partition coefficient (Wildman–Crippen LogP) is 2.13. The molecule has 0 radical (unpaired) electrons. The predicted molar refractivity (Wildman–Crippen MR) is 63.5 cm³/mol. The van der Waals surface area contributed by atoms with Crippen molar-refractivity contribution in [2.24, 2.45) is 0 Å². The van der Waals surface area contributed by atoms with E-state index in [1.165, 1.54) is 29.7 Å². The van der Waals surface area contributed by atoms with Gasteiger partial charge in [0.25, 0.3) is 0 Å². The van der Waals surface area contributed by atoms with Gasteiger partial charge in [-0.05, 0) is 36.1 Å². The summed E-state index contributed by atoms with van der Waals surface area (Å²) in [6.45, 7) is 1.13. The van der Waals surface area contributed by atoms with Crippen LogP contribution in [0.25, 0.3) is 0 Å². The van der Waals surface area contributed by atoms with Crippen molar-refractivity contribution in [3.63, 3.8) is 0 Å². The molecule has 1 fully saturated rings. The van der Waals surface area contributed by atoms with Crippen LogP contribution in [0.5, 0.6) is 5.75 Å². The van der Waals surface area contributed by atoms with E-state index < -0.39 is 0 Å². The number of fused-ring (bicyclic) bond motifs is 2. The molecule has 15 heavy (non-hydrogen) atoms. The van der Waals surface area contributed by atoms with Crippen LogP contribution in [0.1, 0.15) is 17.5 Å². The maximum atomic E-state index is 5.31. The number of hydrogen-bond acceptors (Lipinski definition) is 3. The average molecular weight is 221 g/mol. The maximum absolute atomic E-state index is 5.31. The second-order valence-electron chi connectivity index (χ2n) is 4.13. The fraction of sp³-hybridized carbons (Fsp3) is 0.500. The molecule has 0 amide bonds. The quantitative estimate of drug-likeness (QED) is 0.785. The third-order valence-corrected chi connectivity index (χ3v) is 4.83. The van der Waals surface area contributed by atoms with Gasteiger partial charge in [0.1, 0.15) is 5.75 Å². The molecule has 1 aromatic carbocycles. The molecule has 1 heterocycles. The van der Waals surface area contributed by atoms with E-state index in [1.807, 2.05) is 11.8 Å². The molecule has 3 heteroatoms. The highest BCUT2D eigenvalue weighted by atomic mass is 32.2. The molecule has 1 saturated heterocycles. The van der Waals surface area contributed by atoms with Crippen LogP contribution in [0.4, 0.5) is 0 Å². The Hall–Kier alpha value is -0.670. The van der Waals surface area contributed by atoms with E-state index in [0.717, 1.165) is 12.3 Å². The van der Waals surface area contributed by atoms with Crippen molar-refractivity contribution < 1.29 is 4.74 Å². The van der Waals surface area contributed by atoms with Gasteiger partial charge < -0.3 is 4.74 Å². The number of rotatable bonds is 1. The SMILES string of the molecule is COc1ccc2c(c1)C1(CC2)NCCS1. The third-order valence-electron chi connectivity index (χ3n) is 3.36. The second kappa shape index (κ2) is 3.42. The lowest BCUT2D eigenvalue weighted by Gasteiger charge is -2.24. The maximum Gasteiger partial charge on any atom is 0.119 e. The van der Waals surface area contributed by atoms with Crippen LogP contribution in [-0.4, -0.2) is 19.4 Å². The van der Waals surface area contributed by atoms with Crippen LogP contribution in [0.2, 0.25) is 0 Å². The summed E-state index contributed by atoms with van der Waals surface area (Å²) in [5, 5.41) is 3.65. The van der Waals surface area contributed by atoms with Gasteiger partial charge >= 0.3 is 0 Å². The van der Waals surface area contributed by atoms with Gasteiger partial charge in [-0.15, -0.1) is 11.8 Å². The lowest BCUT2D eigenvalue weighted by Crippen LogP contribution is -2.31. The van der Waals surface area contributed by atoms with E-state index in [0.29, 0.717) is 0 Å². The summed E-state index contributed by atoms with van der Waals surface area (Å²) in [6, 6.07) is 6.48. The fourth-order valence-corrected chi connectivity index (χ4v) is 3.93. The molecule has 2 aliphatic rings. The summed E-state index contributed by atoms with van der Waals surface area (Å²) in [6.07, 6.45) is 2.42. The standard InChI is InChI=1S/C12H15NOS/c1-14-10-3-2-9-4-5-12(11(9)8-10)13-6-7-15-12/h2-3,8,13H,4-7H2,1H3. The lowest BCUT2D eigenvalue weighted by atomic mass is 10.1. The Bertz CT molecular complexity index is 385. The van der Waals surface area contributed by atoms with Gasteiger partial charge in [-0.25, -0.2) is 0 Å². The topological polar surface area (TPSA) is 21.3 Å². The molecular weight excluding hydrogens is 206 g/mol. The molecule has 1 N–H and O–H groups in total. The van der Waals surface area contributed by atoms with Gasteiger partial charge in [-0.3, -0.25) is 5.32 Å². The molecule has 1 unspecified atom stereocenters. The molecule has 1 atom stereocenters. The van der Waals surface area contributed by atoms with Crippen LogP contribution >= 0.6 is 11.8 Å². The van der Waals surface area contributed by atoms with Gasteiger partial charge in [0, 0.05) is 12.3 Å². The van der Waals surface area contributed by atoms with Crippen LogP contribution < -0.4 is 10.1 Å². The monoisotopic (exact) mass is 221 g/mol. The number of nitrogens with one attached hydrogen (secondary N) is 1. The highest BCUT2D eigenvalue weighted by Gasteiger charge is 2.41. The molecular formula is C12H15NOS. The molecule has 1 aromatic rings. The van der Waals surface area contributed by atoms with E-state index in [4.69, 9.17) is 4.74 Å². The van der Waals surface area contributed by atoms with Crippen molar-refractivity contribution in [1.29, 1.82) is 0 Å². The molecule has 2 nitrogen and oxygen atoms in total. The lowest BCUT2D eigenvalue weighted by molar-refractivity contribution is 0.413. The number of thioether (sulfide) groups is 1. The molecule has 0 bridgehead atoms. The highest BCUT2D eigenvalue weighted by Crippen LogP contribution is 2.48. The van der Waals surface area contributed by atoms with Crippen LogP contribution in [0, 0.1) is 0 Å². The van der Waals surface area contributed by atoms with Crippen molar-refractivity contribution in [3.05, 3.63) is 29.3 Å². The van der Waals surface area contributed by atoms with Crippen molar-refractivity contribution in [2.75, 3.05) is 19.4 Å². The van der Waals surface area contributed by atoms with E-state index in [1.54, 1.807) is 7.11 Å². The summed E-state index contributed by atoms with van der Waals surface area (Å²) >= 11 is 2.05. The van der Waals surface area contributed by atoms with Crippen LogP contribution in [0.15, 0.2) is 18.2 Å². The molecule has 80 valence electrons. The number of aryl methyl sites for hydroxylation is 1. The first-order valence-electron chi connectivity index (χ1n) is 5.40. The van der Waals surface area contributed by atoms with E-state index in [9.17, 15) is 0 Å². The average Bonchev–Trinajstić information content (AvgIpc) is 2.89. The second-order valence-corrected chi connectivity index (χ2v) is 5.52. The zero-order chi connectivity index (χ0) is 10.3. The molecule has 0 saturated carbocycles. The zero-order valence-corrected chi connectivity index (χ0v) is 9.69. The summed E-state index contributed by atoms with van der Waals surface area (Å²) in [4.78, 5) is 0.198. The fourth-order valence-electron chi connectivity index (χ4n) is 2.58. The number of methoxy groups -OCH3 is 1. The number of hydrogen-bond donors (Lipinski definition) is 1. The first-order chi connectivity index (χ1) is 7.34. The number of ether oxygens (including phenoxy) is 1. The van der Waals surface area contributed by atoms with Gasteiger partial charge in [-0.1, -0.05) is 6.07 Å². The largest absolute Gasteiger partial charge is 0.497 e. The van der Waals surface area contributed by atoms with Crippen molar-refractivity contribution in [3.8, 4) is 5.75 Å². The molecule has 0 aromatic heterocycles. The number of benzene rings is 1. The Balaban J connectivity index is 2.07. The molecule has 1 aliphatic carbocycles. The minimum Gasteiger partial charge on any atom is -0.497 e. The molecule has 3 rings (SSSR count). The summed E-state index contributed by atoms with van der Waals surface area (Å²) in [5.74, 6) is 2.20. The van der Waals surface area contributed by atoms with Crippen LogP contribution in [0.3, 0.4) is 0 Å². The first kappa shape index (κ1) is 9.55. The van der Waals surface area contributed by atoms with Gasteiger partial charge in [0.2, 0.25) is 0 Å². The van der Waals surface area contributed by atoms with E-state index >= 15 is 0 Å². The van der Waals surface area contributed by atoms with E-state index in [-0.39, 0.29) is 4.87 Å². The third kappa shape index (κ3) is 1.37. The summed E-state index contributed by atoms with van der Waals surface area (Å²) < 4.78 is 5.31. The van der Waals surface area contributed by atoms with E-state index in [2.05, 4.69) is 23.5 Å². The highest BCUT2D eigenvalue weighted by molar-refractivity contribution is 8.00. The van der Waals surface area contributed by atoms with Crippen molar-refractivity contribution in [2.45, 2.75) is 17.7 Å². The van der Waals surface area contributed by atoms with Crippen molar-refractivity contribution in [1.82, 2.24) is 5.32 Å². The zero-order valence-electron chi connectivity index (χ0n) is 8.88. The summed E-state index contributed by atoms with van der Waals surface area (Å²) in [5.41, 5.74) is 2.93. The molecule has 1 aliphatic heterocycles. The minimum atomic E-state index is 0.198. The Kier molecular flexibility index (Phi) is 2.18. The Morgan fingerprint density at radius 3 is 3.13 bits per heavy atom. The Morgan fingerprint density at radius 1 is 1.47 bits per heavy atom.